The van der Waals surface area contributed by atoms with Crippen LogP contribution in [0.2, 0.25) is 0 Å². The fraction of sp³-hybridized carbons (Fsp3) is 0.429. The lowest BCUT2D eigenvalue weighted by molar-refractivity contribution is -0.132. The Bertz CT molecular complexity index is 496. The molecule has 102 valence electrons. The molecule has 1 saturated heterocycles. The van der Waals surface area contributed by atoms with Gasteiger partial charge in [0.25, 0.3) is 5.91 Å². The summed E-state index contributed by atoms with van der Waals surface area (Å²) in [5.74, 6) is 0.704. The van der Waals surface area contributed by atoms with Gasteiger partial charge in [0.2, 0.25) is 0 Å². The van der Waals surface area contributed by atoms with Gasteiger partial charge in [0.1, 0.15) is 10.7 Å². The van der Waals surface area contributed by atoms with Crippen molar-refractivity contribution in [1.82, 2.24) is 4.90 Å². The van der Waals surface area contributed by atoms with Crippen LogP contribution in [0.1, 0.15) is 24.0 Å². The van der Waals surface area contributed by atoms with Gasteiger partial charge in [0.15, 0.2) is 6.61 Å². The zero-order valence-corrected chi connectivity index (χ0v) is 11.8. The summed E-state index contributed by atoms with van der Waals surface area (Å²) in [6.45, 7) is 3.68. The molecule has 1 aromatic rings. The van der Waals surface area contributed by atoms with Crippen LogP contribution in [0, 0.1) is 6.92 Å². The number of nitrogens with zero attached hydrogens (tertiary/aromatic N) is 1. The van der Waals surface area contributed by atoms with Crippen LogP contribution in [0.4, 0.5) is 0 Å². The van der Waals surface area contributed by atoms with Gasteiger partial charge in [-0.3, -0.25) is 4.79 Å². The molecule has 2 N–H and O–H groups in total. The van der Waals surface area contributed by atoms with E-state index in [1.54, 1.807) is 6.07 Å². The van der Waals surface area contributed by atoms with E-state index >= 15 is 0 Å². The van der Waals surface area contributed by atoms with Crippen LogP contribution >= 0.6 is 12.2 Å². The molecule has 1 aromatic carbocycles. The molecule has 1 aliphatic heterocycles. The van der Waals surface area contributed by atoms with Crippen LogP contribution in [0.3, 0.4) is 0 Å². The van der Waals surface area contributed by atoms with Crippen LogP contribution in [0.25, 0.3) is 0 Å². The van der Waals surface area contributed by atoms with Crippen LogP contribution in [-0.2, 0) is 4.79 Å². The molecule has 0 aromatic heterocycles. The second-order valence-corrected chi connectivity index (χ2v) is 5.16. The molecule has 5 heteroatoms. The summed E-state index contributed by atoms with van der Waals surface area (Å²) in [6, 6.07) is 5.53. The molecule has 1 aliphatic rings. The first kappa shape index (κ1) is 13.8. The second-order valence-electron chi connectivity index (χ2n) is 4.72. The van der Waals surface area contributed by atoms with Gasteiger partial charge in [-0.05, 0) is 31.4 Å². The molecular formula is C14H18N2O2S. The minimum atomic E-state index is 0.0395. The van der Waals surface area contributed by atoms with Crippen LogP contribution in [-0.4, -0.2) is 35.5 Å². The molecule has 0 radical (unpaired) electrons. The maximum Gasteiger partial charge on any atom is 0.260 e. The number of hydrogen-bond donors (Lipinski definition) is 1. The van der Waals surface area contributed by atoms with E-state index < -0.39 is 0 Å². The first-order valence-corrected chi connectivity index (χ1v) is 6.80. The Hall–Kier alpha value is -1.62. The topological polar surface area (TPSA) is 55.6 Å². The number of carbonyl (C=O) groups excluding carboxylic acids is 1. The Morgan fingerprint density at radius 3 is 2.74 bits per heavy atom. The van der Waals surface area contributed by atoms with Crippen molar-refractivity contribution in [2.45, 2.75) is 19.8 Å². The Morgan fingerprint density at radius 2 is 2.11 bits per heavy atom. The highest BCUT2D eigenvalue weighted by atomic mass is 32.1. The Kier molecular flexibility index (Phi) is 4.37. The standard InChI is InChI=1S/C14H18N2O2S/c1-10-4-5-11(14(15)19)8-12(10)18-9-13(17)16-6-2-3-7-16/h4-5,8H,2-3,6-7,9H2,1H3,(H2,15,19). The lowest BCUT2D eigenvalue weighted by atomic mass is 10.1. The average molecular weight is 278 g/mol. The van der Waals surface area contributed by atoms with Gasteiger partial charge in [-0.2, -0.15) is 0 Å². The maximum atomic E-state index is 11.9. The van der Waals surface area contributed by atoms with Gasteiger partial charge in [0.05, 0.1) is 0 Å². The van der Waals surface area contributed by atoms with Crippen LogP contribution in [0.15, 0.2) is 18.2 Å². The molecule has 2 rings (SSSR count). The van der Waals surface area contributed by atoms with Gasteiger partial charge in [-0.25, -0.2) is 0 Å². The van der Waals surface area contributed by atoms with E-state index in [-0.39, 0.29) is 12.5 Å². The summed E-state index contributed by atoms with van der Waals surface area (Å²) in [5.41, 5.74) is 7.31. The van der Waals surface area contributed by atoms with Crippen molar-refractivity contribution in [2.75, 3.05) is 19.7 Å². The Morgan fingerprint density at radius 1 is 1.42 bits per heavy atom. The third kappa shape index (κ3) is 3.44. The molecule has 1 heterocycles. The fourth-order valence-electron chi connectivity index (χ4n) is 2.11. The quantitative estimate of drug-likeness (QED) is 0.851. The van der Waals surface area contributed by atoms with E-state index in [0.29, 0.717) is 10.7 Å². The van der Waals surface area contributed by atoms with Gasteiger partial charge in [-0.1, -0.05) is 24.4 Å². The normalized spacial score (nSPS) is 14.5. The van der Waals surface area contributed by atoms with E-state index in [1.807, 2.05) is 24.0 Å². The Labute approximate surface area is 118 Å². The molecular weight excluding hydrogens is 260 g/mol. The van der Waals surface area contributed by atoms with Crippen molar-refractivity contribution in [3.8, 4) is 5.75 Å². The maximum absolute atomic E-state index is 11.9. The summed E-state index contributed by atoms with van der Waals surface area (Å²) in [7, 11) is 0. The van der Waals surface area contributed by atoms with Gasteiger partial charge in [-0.15, -0.1) is 0 Å². The number of nitrogens with two attached hydrogens (primary N) is 1. The van der Waals surface area contributed by atoms with E-state index in [0.717, 1.165) is 37.1 Å². The molecule has 0 aliphatic carbocycles. The number of amides is 1. The summed E-state index contributed by atoms with van der Waals surface area (Å²) in [6.07, 6.45) is 2.17. The summed E-state index contributed by atoms with van der Waals surface area (Å²) < 4.78 is 5.60. The Balaban J connectivity index is 2.00. The van der Waals surface area contributed by atoms with Crippen molar-refractivity contribution in [3.63, 3.8) is 0 Å². The predicted molar refractivity (Wildman–Crippen MR) is 78.4 cm³/mol. The van der Waals surface area contributed by atoms with Crippen LogP contribution < -0.4 is 10.5 Å². The lowest BCUT2D eigenvalue weighted by Crippen LogP contribution is -2.32. The highest BCUT2D eigenvalue weighted by molar-refractivity contribution is 7.80. The van der Waals surface area contributed by atoms with Gasteiger partial charge >= 0.3 is 0 Å². The van der Waals surface area contributed by atoms with E-state index in [4.69, 9.17) is 22.7 Å². The fourth-order valence-corrected chi connectivity index (χ4v) is 2.23. The van der Waals surface area contributed by atoms with Gasteiger partial charge < -0.3 is 15.4 Å². The molecule has 0 saturated carbocycles. The number of rotatable bonds is 4. The zero-order chi connectivity index (χ0) is 13.8. The third-order valence-electron chi connectivity index (χ3n) is 3.28. The number of benzene rings is 1. The van der Waals surface area contributed by atoms with Crippen LogP contribution in [0.5, 0.6) is 5.75 Å². The van der Waals surface area contributed by atoms with E-state index in [1.165, 1.54) is 0 Å². The van der Waals surface area contributed by atoms with Gasteiger partial charge in [0, 0.05) is 18.7 Å². The molecule has 4 nitrogen and oxygen atoms in total. The second kappa shape index (κ2) is 6.02. The number of thiocarbonyl (C=S) groups is 1. The highest BCUT2D eigenvalue weighted by Crippen LogP contribution is 2.20. The SMILES string of the molecule is Cc1ccc(C(N)=S)cc1OCC(=O)N1CCCC1. The van der Waals surface area contributed by atoms with Crippen molar-refractivity contribution >= 4 is 23.1 Å². The van der Waals surface area contributed by atoms with E-state index in [9.17, 15) is 4.79 Å². The summed E-state index contributed by atoms with van der Waals surface area (Å²) in [5, 5.41) is 0. The highest BCUT2D eigenvalue weighted by Gasteiger charge is 2.18. The van der Waals surface area contributed by atoms with Crippen molar-refractivity contribution in [2.24, 2.45) is 5.73 Å². The molecule has 0 unspecified atom stereocenters. The molecule has 1 amide bonds. The smallest absolute Gasteiger partial charge is 0.260 e. The lowest BCUT2D eigenvalue weighted by Gasteiger charge is -2.16. The van der Waals surface area contributed by atoms with Crippen molar-refractivity contribution < 1.29 is 9.53 Å². The number of ether oxygens (including phenoxy) is 1. The minimum Gasteiger partial charge on any atom is -0.483 e. The zero-order valence-electron chi connectivity index (χ0n) is 11.0. The number of likely N-dealkylation sites (tertiary alicyclic amines) is 1. The first-order valence-electron chi connectivity index (χ1n) is 6.39. The minimum absolute atomic E-state index is 0.0395. The molecule has 19 heavy (non-hydrogen) atoms. The number of carbonyl (C=O) groups is 1. The first-order chi connectivity index (χ1) is 9.08. The molecule has 0 bridgehead atoms. The average Bonchev–Trinajstić information content (AvgIpc) is 2.91. The monoisotopic (exact) mass is 278 g/mol. The summed E-state index contributed by atoms with van der Waals surface area (Å²) >= 11 is 4.94. The third-order valence-corrected chi connectivity index (χ3v) is 3.52. The predicted octanol–water partition coefficient (Wildman–Crippen LogP) is 1.63. The molecule has 1 fully saturated rings. The molecule has 0 spiro atoms. The summed E-state index contributed by atoms with van der Waals surface area (Å²) in [4.78, 5) is 14.1. The number of hydrogen-bond acceptors (Lipinski definition) is 3. The van der Waals surface area contributed by atoms with Crippen molar-refractivity contribution in [1.29, 1.82) is 0 Å². The number of aryl methyl sites for hydroxylation is 1. The largest absolute Gasteiger partial charge is 0.483 e. The van der Waals surface area contributed by atoms with Crippen molar-refractivity contribution in [3.05, 3.63) is 29.3 Å². The van der Waals surface area contributed by atoms with E-state index in [2.05, 4.69) is 0 Å². The molecule has 0 atom stereocenters.